The summed E-state index contributed by atoms with van der Waals surface area (Å²) < 4.78 is 5.31. The van der Waals surface area contributed by atoms with Crippen LogP contribution in [-0.2, 0) is 6.54 Å². The first kappa shape index (κ1) is 16.6. The number of nitrogens with zero attached hydrogens (tertiary/aromatic N) is 4. The van der Waals surface area contributed by atoms with Gasteiger partial charge in [-0.25, -0.2) is 9.98 Å². The number of rotatable bonds is 4. The molecule has 0 spiro atoms. The second-order valence-corrected chi connectivity index (χ2v) is 6.69. The molecule has 1 fully saturated rings. The van der Waals surface area contributed by atoms with E-state index >= 15 is 0 Å². The number of anilines is 1. The molecule has 2 aromatic rings. The first-order valence-corrected chi connectivity index (χ1v) is 8.87. The molecule has 2 N–H and O–H groups in total. The molecule has 1 aliphatic heterocycles. The van der Waals surface area contributed by atoms with E-state index in [9.17, 15) is 0 Å². The Labute approximate surface area is 146 Å². The van der Waals surface area contributed by atoms with Crippen LogP contribution in [0.4, 0.5) is 5.13 Å². The van der Waals surface area contributed by atoms with Gasteiger partial charge < -0.3 is 20.3 Å². The number of hydrogen-bond donors (Lipinski definition) is 1. The molecule has 1 saturated heterocycles. The SMILES string of the molecule is COc1cc(C)cc(CN=C(N)N2CCN(c3nccs3)CC2)c1. The van der Waals surface area contributed by atoms with E-state index in [1.165, 1.54) is 0 Å². The van der Waals surface area contributed by atoms with Gasteiger partial charge in [0.05, 0.1) is 13.7 Å². The van der Waals surface area contributed by atoms with E-state index in [1.807, 2.05) is 23.7 Å². The summed E-state index contributed by atoms with van der Waals surface area (Å²) in [6.45, 7) is 6.19. The Bertz CT molecular complexity index is 693. The maximum Gasteiger partial charge on any atom is 0.191 e. The van der Waals surface area contributed by atoms with Crippen LogP contribution in [0.25, 0.3) is 0 Å². The first-order valence-electron chi connectivity index (χ1n) is 7.99. The summed E-state index contributed by atoms with van der Waals surface area (Å²) in [4.78, 5) is 13.3. The minimum absolute atomic E-state index is 0.566. The minimum Gasteiger partial charge on any atom is -0.497 e. The Balaban J connectivity index is 1.58. The lowest BCUT2D eigenvalue weighted by atomic mass is 10.1. The van der Waals surface area contributed by atoms with Crippen molar-refractivity contribution in [3.8, 4) is 5.75 Å². The first-order chi connectivity index (χ1) is 11.7. The standard InChI is InChI=1S/C17H23N5OS/c1-13-9-14(11-15(10-13)23-2)12-20-16(18)21-4-6-22(7-5-21)17-19-3-8-24-17/h3,8-11H,4-7,12H2,1-2H3,(H2,18,20). The monoisotopic (exact) mass is 345 g/mol. The number of aliphatic imine (C=N–C) groups is 1. The second kappa shape index (κ2) is 7.53. The summed E-state index contributed by atoms with van der Waals surface area (Å²) >= 11 is 1.67. The van der Waals surface area contributed by atoms with Gasteiger partial charge in [-0.05, 0) is 30.2 Å². The summed E-state index contributed by atoms with van der Waals surface area (Å²) in [7, 11) is 1.68. The number of aryl methyl sites for hydroxylation is 1. The number of guanidine groups is 1. The molecule has 1 aromatic carbocycles. The van der Waals surface area contributed by atoms with Crippen molar-refractivity contribution in [1.82, 2.24) is 9.88 Å². The van der Waals surface area contributed by atoms with Crippen molar-refractivity contribution in [2.45, 2.75) is 13.5 Å². The maximum atomic E-state index is 6.18. The quantitative estimate of drug-likeness (QED) is 0.679. The van der Waals surface area contributed by atoms with Crippen LogP contribution in [-0.4, -0.2) is 49.1 Å². The highest BCUT2D eigenvalue weighted by Crippen LogP contribution is 2.19. The van der Waals surface area contributed by atoms with Gasteiger partial charge in [-0.1, -0.05) is 6.07 Å². The normalized spacial score (nSPS) is 15.7. The van der Waals surface area contributed by atoms with E-state index in [-0.39, 0.29) is 0 Å². The van der Waals surface area contributed by atoms with Crippen molar-refractivity contribution in [1.29, 1.82) is 0 Å². The van der Waals surface area contributed by atoms with E-state index < -0.39 is 0 Å². The Morgan fingerprint density at radius 1 is 1.29 bits per heavy atom. The molecule has 0 saturated carbocycles. The van der Waals surface area contributed by atoms with Gasteiger partial charge in [0.15, 0.2) is 11.1 Å². The predicted molar refractivity (Wildman–Crippen MR) is 99.0 cm³/mol. The van der Waals surface area contributed by atoms with E-state index in [1.54, 1.807) is 18.4 Å². The van der Waals surface area contributed by atoms with Crippen LogP contribution in [0.1, 0.15) is 11.1 Å². The van der Waals surface area contributed by atoms with Gasteiger partial charge in [0.2, 0.25) is 0 Å². The lowest BCUT2D eigenvalue weighted by Gasteiger charge is -2.35. The Hall–Kier alpha value is -2.28. The number of nitrogens with two attached hydrogens (primary N) is 1. The minimum atomic E-state index is 0.566. The summed E-state index contributed by atoms with van der Waals surface area (Å²) in [5.74, 6) is 1.46. The largest absolute Gasteiger partial charge is 0.497 e. The lowest BCUT2D eigenvalue weighted by molar-refractivity contribution is 0.380. The van der Waals surface area contributed by atoms with Crippen molar-refractivity contribution >= 4 is 22.4 Å². The highest BCUT2D eigenvalue weighted by Gasteiger charge is 2.19. The van der Waals surface area contributed by atoms with Crippen molar-refractivity contribution in [2.24, 2.45) is 10.7 Å². The number of methoxy groups -OCH3 is 1. The maximum absolute atomic E-state index is 6.18. The third kappa shape index (κ3) is 3.97. The van der Waals surface area contributed by atoms with Crippen molar-refractivity contribution in [3.63, 3.8) is 0 Å². The molecular formula is C17H23N5OS. The number of hydrogen-bond acceptors (Lipinski definition) is 5. The zero-order valence-electron chi connectivity index (χ0n) is 14.1. The van der Waals surface area contributed by atoms with Gasteiger partial charge >= 0.3 is 0 Å². The summed E-state index contributed by atoms with van der Waals surface area (Å²) in [6.07, 6.45) is 1.85. The van der Waals surface area contributed by atoms with Crippen molar-refractivity contribution in [2.75, 3.05) is 38.2 Å². The molecule has 0 bridgehead atoms. The van der Waals surface area contributed by atoms with E-state index in [0.29, 0.717) is 12.5 Å². The number of piperazine rings is 1. The number of ether oxygens (including phenoxy) is 1. The second-order valence-electron chi connectivity index (χ2n) is 5.82. The van der Waals surface area contributed by atoms with E-state index in [0.717, 1.165) is 48.2 Å². The van der Waals surface area contributed by atoms with Crippen LogP contribution in [0.15, 0.2) is 34.8 Å². The third-order valence-corrected chi connectivity index (χ3v) is 4.90. The van der Waals surface area contributed by atoms with E-state index in [4.69, 9.17) is 10.5 Å². The Morgan fingerprint density at radius 2 is 2.08 bits per heavy atom. The third-order valence-electron chi connectivity index (χ3n) is 4.06. The van der Waals surface area contributed by atoms with Gasteiger partial charge in [0.1, 0.15) is 5.75 Å². The van der Waals surface area contributed by atoms with Crippen LogP contribution >= 0.6 is 11.3 Å². The fourth-order valence-electron chi connectivity index (χ4n) is 2.80. The number of aromatic nitrogens is 1. The average molecular weight is 345 g/mol. The predicted octanol–water partition coefficient (Wildman–Crippen LogP) is 2.10. The van der Waals surface area contributed by atoms with Crippen LogP contribution in [0.3, 0.4) is 0 Å². The van der Waals surface area contributed by atoms with Gasteiger partial charge in [-0.2, -0.15) is 0 Å². The highest BCUT2D eigenvalue weighted by molar-refractivity contribution is 7.13. The fraction of sp³-hybridized carbons (Fsp3) is 0.412. The molecule has 0 unspecified atom stereocenters. The lowest BCUT2D eigenvalue weighted by Crippen LogP contribution is -2.51. The summed E-state index contributed by atoms with van der Waals surface area (Å²) in [5.41, 5.74) is 8.45. The van der Waals surface area contributed by atoms with Gasteiger partial charge in [0.25, 0.3) is 0 Å². The molecule has 0 aliphatic carbocycles. The van der Waals surface area contributed by atoms with Crippen LogP contribution in [0.2, 0.25) is 0 Å². The van der Waals surface area contributed by atoms with Crippen molar-refractivity contribution < 1.29 is 4.74 Å². The molecule has 0 atom stereocenters. The number of benzene rings is 1. The highest BCUT2D eigenvalue weighted by atomic mass is 32.1. The molecule has 7 heteroatoms. The summed E-state index contributed by atoms with van der Waals surface area (Å²) in [6, 6.07) is 6.12. The van der Waals surface area contributed by atoms with Gasteiger partial charge in [-0.3, -0.25) is 0 Å². The average Bonchev–Trinajstić information content (AvgIpc) is 3.14. The van der Waals surface area contributed by atoms with Crippen molar-refractivity contribution in [3.05, 3.63) is 40.9 Å². The molecule has 0 radical (unpaired) electrons. The molecule has 128 valence electrons. The molecule has 1 aliphatic rings. The van der Waals surface area contributed by atoms with Gasteiger partial charge in [0, 0.05) is 37.8 Å². The number of thiazole rings is 1. The summed E-state index contributed by atoms with van der Waals surface area (Å²) in [5, 5.41) is 3.09. The van der Waals surface area contributed by atoms with Crippen LogP contribution in [0, 0.1) is 6.92 Å². The molecule has 24 heavy (non-hydrogen) atoms. The van der Waals surface area contributed by atoms with Crippen LogP contribution in [0.5, 0.6) is 5.75 Å². The molecule has 2 heterocycles. The molecular weight excluding hydrogens is 322 g/mol. The van der Waals surface area contributed by atoms with Crippen LogP contribution < -0.4 is 15.4 Å². The smallest absolute Gasteiger partial charge is 0.191 e. The molecule has 3 rings (SSSR count). The molecule has 6 nitrogen and oxygen atoms in total. The van der Waals surface area contributed by atoms with Gasteiger partial charge in [-0.15, -0.1) is 11.3 Å². The molecule has 1 aromatic heterocycles. The topological polar surface area (TPSA) is 67.0 Å². The van der Waals surface area contributed by atoms with E-state index in [2.05, 4.69) is 32.8 Å². The Kier molecular flexibility index (Phi) is 5.20. The molecule has 0 amide bonds. The zero-order chi connectivity index (χ0) is 16.9. The zero-order valence-corrected chi connectivity index (χ0v) is 14.9. The Morgan fingerprint density at radius 3 is 2.75 bits per heavy atom. The fourth-order valence-corrected chi connectivity index (χ4v) is 3.50.